The zero-order valence-electron chi connectivity index (χ0n) is 11.0. The number of rotatable bonds is 6. The molecule has 0 unspecified atom stereocenters. The van der Waals surface area contributed by atoms with Crippen LogP contribution in [-0.4, -0.2) is 51.1 Å². The third-order valence-corrected chi connectivity index (χ3v) is 2.54. The van der Waals surface area contributed by atoms with Crippen molar-refractivity contribution in [2.45, 2.75) is 6.54 Å². The summed E-state index contributed by atoms with van der Waals surface area (Å²) in [5.74, 6) is 0.921. The molecule has 0 fully saturated rings. The Kier molecular flexibility index (Phi) is 5.75. The minimum atomic E-state index is 0.690. The summed E-state index contributed by atoms with van der Waals surface area (Å²) in [6.07, 6.45) is 0. The SMILES string of the molecule is CN(C)CCOc1ccc(Cl)cc1CN(C)C. The summed E-state index contributed by atoms with van der Waals surface area (Å²) in [6.45, 7) is 2.43. The molecule has 3 nitrogen and oxygen atoms in total. The highest BCUT2D eigenvalue weighted by molar-refractivity contribution is 6.30. The summed E-state index contributed by atoms with van der Waals surface area (Å²) in [4.78, 5) is 4.20. The lowest BCUT2D eigenvalue weighted by molar-refractivity contribution is 0.256. The van der Waals surface area contributed by atoms with Gasteiger partial charge in [0.2, 0.25) is 0 Å². The molecule has 0 aromatic heterocycles. The second-order valence-corrected chi connectivity index (χ2v) is 5.08. The fourth-order valence-corrected chi connectivity index (χ4v) is 1.69. The number of nitrogens with zero attached hydrogens (tertiary/aromatic N) is 2. The maximum absolute atomic E-state index is 6.00. The Morgan fingerprint density at radius 2 is 1.82 bits per heavy atom. The molecule has 0 heterocycles. The number of likely N-dealkylation sites (N-methyl/N-ethyl adjacent to an activating group) is 1. The van der Waals surface area contributed by atoms with Gasteiger partial charge >= 0.3 is 0 Å². The first-order valence-corrected chi connectivity index (χ1v) is 6.07. The van der Waals surface area contributed by atoms with Gasteiger partial charge < -0.3 is 14.5 Å². The number of ether oxygens (including phenoxy) is 1. The van der Waals surface area contributed by atoms with Crippen LogP contribution in [0.2, 0.25) is 5.02 Å². The fraction of sp³-hybridized carbons (Fsp3) is 0.538. The lowest BCUT2D eigenvalue weighted by Gasteiger charge is -2.16. The Hall–Kier alpha value is -0.770. The van der Waals surface area contributed by atoms with E-state index in [1.807, 2.05) is 46.4 Å². The molecule has 1 aromatic rings. The van der Waals surface area contributed by atoms with Crippen molar-refractivity contribution in [2.24, 2.45) is 0 Å². The van der Waals surface area contributed by atoms with E-state index in [1.54, 1.807) is 0 Å². The van der Waals surface area contributed by atoms with Gasteiger partial charge in [-0.3, -0.25) is 0 Å². The van der Waals surface area contributed by atoms with Crippen molar-refractivity contribution in [1.82, 2.24) is 9.80 Å². The van der Waals surface area contributed by atoms with E-state index >= 15 is 0 Å². The summed E-state index contributed by atoms with van der Waals surface area (Å²) in [5, 5.41) is 0.752. The van der Waals surface area contributed by atoms with E-state index in [-0.39, 0.29) is 0 Å². The molecule has 1 rings (SSSR count). The van der Waals surface area contributed by atoms with E-state index < -0.39 is 0 Å². The first kappa shape index (κ1) is 14.3. The molecule has 4 heteroatoms. The normalized spacial score (nSPS) is 11.2. The number of hydrogen-bond acceptors (Lipinski definition) is 3. The average Bonchev–Trinajstić information content (AvgIpc) is 2.20. The molecule has 17 heavy (non-hydrogen) atoms. The van der Waals surface area contributed by atoms with Crippen molar-refractivity contribution in [1.29, 1.82) is 0 Å². The van der Waals surface area contributed by atoms with Crippen LogP contribution in [0.25, 0.3) is 0 Å². The molecule has 0 amide bonds. The van der Waals surface area contributed by atoms with Gasteiger partial charge in [0.25, 0.3) is 0 Å². The molecule has 0 N–H and O–H groups in total. The molecule has 0 saturated heterocycles. The number of hydrogen-bond donors (Lipinski definition) is 0. The molecule has 0 saturated carbocycles. The third kappa shape index (κ3) is 5.39. The topological polar surface area (TPSA) is 15.7 Å². The Balaban J connectivity index is 2.68. The maximum Gasteiger partial charge on any atom is 0.123 e. The second kappa shape index (κ2) is 6.84. The molecule has 0 atom stereocenters. The van der Waals surface area contributed by atoms with E-state index in [4.69, 9.17) is 16.3 Å². The van der Waals surface area contributed by atoms with Gasteiger partial charge in [0.15, 0.2) is 0 Å². The predicted octanol–water partition coefficient (Wildman–Crippen LogP) is 2.34. The molecule has 0 spiro atoms. The minimum absolute atomic E-state index is 0.690. The minimum Gasteiger partial charge on any atom is -0.492 e. The van der Waals surface area contributed by atoms with Crippen LogP contribution in [0.3, 0.4) is 0 Å². The van der Waals surface area contributed by atoms with Crippen molar-refractivity contribution in [3.63, 3.8) is 0 Å². The number of halogens is 1. The molecule has 96 valence electrons. The molecule has 0 aliphatic rings. The molecule has 0 radical (unpaired) electrons. The van der Waals surface area contributed by atoms with E-state index in [0.29, 0.717) is 6.61 Å². The Bertz CT molecular complexity index is 353. The van der Waals surface area contributed by atoms with Crippen LogP contribution in [0.4, 0.5) is 0 Å². The van der Waals surface area contributed by atoms with Crippen LogP contribution in [0.5, 0.6) is 5.75 Å². The Morgan fingerprint density at radius 1 is 1.12 bits per heavy atom. The van der Waals surface area contributed by atoms with Gasteiger partial charge in [0.1, 0.15) is 12.4 Å². The van der Waals surface area contributed by atoms with Crippen molar-refractivity contribution in [3.05, 3.63) is 28.8 Å². The zero-order chi connectivity index (χ0) is 12.8. The fourth-order valence-electron chi connectivity index (χ4n) is 1.49. The summed E-state index contributed by atoms with van der Waals surface area (Å²) in [7, 11) is 8.13. The van der Waals surface area contributed by atoms with Gasteiger partial charge in [-0.05, 0) is 46.4 Å². The van der Waals surface area contributed by atoms with Crippen LogP contribution in [0, 0.1) is 0 Å². The highest BCUT2D eigenvalue weighted by Crippen LogP contribution is 2.23. The number of benzene rings is 1. The molecular weight excluding hydrogens is 236 g/mol. The van der Waals surface area contributed by atoms with Crippen LogP contribution in [0.1, 0.15) is 5.56 Å². The van der Waals surface area contributed by atoms with E-state index in [9.17, 15) is 0 Å². The van der Waals surface area contributed by atoms with Gasteiger partial charge in [-0.25, -0.2) is 0 Å². The highest BCUT2D eigenvalue weighted by atomic mass is 35.5. The van der Waals surface area contributed by atoms with Crippen molar-refractivity contribution >= 4 is 11.6 Å². The predicted molar refractivity (Wildman–Crippen MR) is 72.9 cm³/mol. The van der Waals surface area contributed by atoms with Crippen molar-refractivity contribution in [2.75, 3.05) is 41.3 Å². The van der Waals surface area contributed by atoms with Crippen LogP contribution >= 0.6 is 11.6 Å². The molecule has 0 aliphatic carbocycles. The van der Waals surface area contributed by atoms with Gasteiger partial charge in [0.05, 0.1) is 0 Å². The molecule has 0 aliphatic heterocycles. The summed E-state index contributed by atoms with van der Waals surface area (Å²) < 4.78 is 5.78. The first-order valence-electron chi connectivity index (χ1n) is 5.69. The lowest BCUT2D eigenvalue weighted by atomic mass is 10.2. The summed E-state index contributed by atoms with van der Waals surface area (Å²) in [6, 6.07) is 5.77. The van der Waals surface area contributed by atoms with Gasteiger partial charge in [-0.2, -0.15) is 0 Å². The van der Waals surface area contributed by atoms with Gasteiger partial charge in [0, 0.05) is 23.7 Å². The standard InChI is InChI=1S/C13H21ClN2O/c1-15(2)7-8-17-13-6-5-12(14)9-11(13)10-16(3)4/h5-6,9H,7-8,10H2,1-4H3. The Morgan fingerprint density at radius 3 is 2.41 bits per heavy atom. The summed E-state index contributed by atoms with van der Waals surface area (Å²) >= 11 is 6.00. The summed E-state index contributed by atoms with van der Waals surface area (Å²) in [5.41, 5.74) is 1.13. The average molecular weight is 257 g/mol. The van der Waals surface area contributed by atoms with Crippen LogP contribution in [0.15, 0.2) is 18.2 Å². The van der Waals surface area contributed by atoms with Gasteiger partial charge in [-0.15, -0.1) is 0 Å². The zero-order valence-corrected chi connectivity index (χ0v) is 11.8. The largest absolute Gasteiger partial charge is 0.492 e. The lowest BCUT2D eigenvalue weighted by Crippen LogP contribution is -2.20. The molecule has 0 bridgehead atoms. The van der Waals surface area contributed by atoms with E-state index in [2.05, 4.69) is 9.80 Å². The van der Waals surface area contributed by atoms with E-state index in [0.717, 1.165) is 29.4 Å². The molecular formula is C13H21ClN2O. The van der Waals surface area contributed by atoms with Gasteiger partial charge in [-0.1, -0.05) is 11.6 Å². The van der Waals surface area contributed by atoms with E-state index in [1.165, 1.54) is 0 Å². The highest BCUT2D eigenvalue weighted by Gasteiger charge is 2.06. The smallest absolute Gasteiger partial charge is 0.123 e. The molecule has 1 aromatic carbocycles. The van der Waals surface area contributed by atoms with Crippen LogP contribution < -0.4 is 4.74 Å². The first-order chi connectivity index (χ1) is 7.99. The van der Waals surface area contributed by atoms with Crippen molar-refractivity contribution < 1.29 is 4.74 Å². The maximum atomic E-state index is 6.00. The third-order valence-electron chi connectivity index (χ3n) is 2.31. The van der Waals surface area contributed by atoms with Crippen LogP contribution in [-0.2, 0) is 6.54 Å². The monoisotopic (exact) mass is 256 g/mol. The quantitative estimate of drug-likeness (QED) is 0.777. The van der Waals surface area contributed by atoms with Crippen molar-refractivity contribution in [3.8, 4) is 5.75 Å². The Labute approximate surface area is 109 Å². The second-order valence-electron chi connectivity index (χ2n) is 4.64.